The molecule has 4 rings (SSSR count). The van der Waals surface area contributed by atoms with E-state index in [0.29, 0.717) is 29.4 Å². The third kappa shape index (κ3) is 4.54. The standard InChI is InChI=1S/C20H20F4N6O2S/c1-19(2)8-11(12-9-25-16-7-14(21)28-30(16)17(12)19)18(31)26-10-5-13(20(22,23)24)27-15(6-10)29-33(3,4)32/h5-7,9,11H,8H2,1-4H3,(H,26,27,31)/t11-/m1/s1. The van der Waals surface area contributed by atoms with Gasteiger partial charge in [-0.25, -0.2) is 18.7 Å². The van der Waals surface area contributed by atoms with E-state index in [4.69, 9.17) is 0 Å². The monoisotopic (exact) mass is 484 g/mol. The molecule has 33 heavy (non-hydrogen) atoms. The Kier molecular flexibility index (Phi) is 5.22. The third-order valence-corrected chi connectivity index (χ3v) is 5.84. The number of fused-ring (bicyclic) bond motifs is 3. The first-order valence-electron chi connectivity index (χ1n) is 9.76. The molecule has 0 aromatic carbocycles. The number of nitrogens with one attached hydrogen (secondary N) is 1. The van der Waals surface area contributed by atoms with Crippen LogP contribution in [-0.2, 0) is 26.1 Å². The number of halogens is 4. The van der Waals surface area contributed by atoms with Gasteiger partial charge in [-0.2, -0.15) is 21.9 Å². The predicted octanol–water partition coefficient (Wildman–Crippen LogP) is 4.04. The average Bonchev–Trinajstić information content (AvgIpc) is 3.15. The Morgan fingerprint density at radius 1 is 1.27 bits per heavy atom. The maximum atomic E-state index is 13.7. The second-order valence-electron chi connectivity index (χ2n) is 8.80. The molecule has 0 aliphatic heterocycles. The molecule has 1 aliphatic carbocycles. The lowest BCUT2D eigenvalue weighted by atomic mass is 9.88. The van der Waals surface area contributed by atoms with Gasteiger partial charge < -0.3 is 5.32 Å². The summed E-state index contributed by atoms with van der Waals surface area (Å²) in [5.74, 6) is -2.45. The Morgan fingerprint density at radius 3 is 2.61 bits per heavy atom. The molecule has 1 N–H and O–H groups in total. The number of pyridine rings is 1. The molecule has 3 aromatic heterocycles. The summed E-state index contributed by atoms with van der Waals surface area (Å²) in [5, 5.41) is 6.32. The molecule has 8 nitrogen and oxygen atoms in total. The fraction of sp³-hybridized carbons (Fsp3) is 0.400. The van der Waals surface area contributed by atoms with Crippen molar-refractivity contribution in [2.24, 2.45) is 4.36 Å². The fourth-order valence-electron chi connectivity index (χ4n) is 4.04. The number of aromatic nitrogens is 4. The lowest BCUT2D eigenvalue weighted by Crippen LogP contribution is -2.22. The van der Waals surface area contributed by atoms with Crippen molar-refractivity contribution in [2.45, 2.75) is 37.8 Å². The van der Waals surface area contributed by atoms with Crippen LogP contribution in [0, 0.1) is 5.95 Å². The predicted molar refractivity (Wildman–Crippen MR) is 113 cm³/mol. The van der Waals surface area contributed by atoms with Crippen LogP contribution in [0.2, 0.25) is 0 Å². The first-order chi connectivity index (χ1) is 15.1. The van der Waals surface area contributed by atoms with E-state index in [1.165, 1.54) is 29.3 Å². The van der Waals surface area contributed by atoms with Gasteiger partial charge in [0.2, 0.25) is 11.9 Å². The minimum atomic E-state index is -4.80. The molecular weight excluding hydrogens is 464 g/mol. The highest BCUT2D eigenvalue weighted by atomic mass is 32.2. The average molecular weight is 484 g/mol. The van der Waals surface area contributed by atoms with Crippen LogP contribution < -0.4 is 5.32 Å². The number of hydrogen-bond donors (Lipinski definition) is 1. The highest BCUT2D eigenvalue weighted by Crippen LogP contribution is 2.46. The smallest absolute Gasteiger partial charge is 0.325 e. The van der Waals surface area contributed by atoms with Gasteiger partial charge in [0, 0.05) is 57.2 Å². The topological polar surface area (TPSA) is 102 Å². The number of anilines is 1. The van der Waals surface area contributed by atoms with Crippen LogP contribution in [-0.4, -0.2) is 42.2 Å². The third-order valence-electron chi connectivity index (χ3n) is 5.21. The summed E-state index contributed by atoms with van der Waals surface area (Å²) in [6, 6.07) is 2.99. The first kappa shape index (κ1) is 23.1. The number of carbonyl (C=O) groups excluding carboxylic acids is 1. The van der Waals surface area contributed by atoms with Crippen molar-refractivity contribution in [1.82, 2.24) is 19.6 Å². The summed E-state index contributed by atoms with van der Waals surface area (Å²) < 4.78 is 70.7. The van der Waals surface area contributed by atoms with Gasteiger partial charge in [0.25, 0.3) is 0 Å². The molecule has 3 aromatic rings. The Labute approximate surface area is 186 Å². The number of carbonyl (C=O) groups is 1. The largest absolute Gasteiger partial charge is 0.433 e. The molecule has 0 fully saturated rings. The van der Waals surface area contributed by atoms with Gasteiger partial charge >= 0.3 is 6.18 Å². The van der Waals surface area contributed by atoms with Crippen LogP contribution in [0.1, 0.15) is 43.1 Å². The molecule has 3 heterocycles. The van der Waals surface area contributed by atoms with Gasteiger partial charge in [-0.1, -0.05) is 13.8 Å². The molecule has 0 unspecified atom stereocenters. The minimum absolute atomic E-state index is 0.185. The van der Waals surface area contributed by atoms with Gasteiger partial charge in [-0.3, -0.25) is 4.79 Å². The maximum Gasteiger partial charge on any atom is 0.433 e. The van der Waals surface area contributed by atoms with Crippen molar-refractivity contribution < 1.29 is 26.6 Å². The van der Waals surface area contributed by atoms with Crippen LogP contribution >= 0.6 is 0 Å². The molecule has 13 heteroatoms. The zero-order chi connectivity index (χ0) is 24.3. The summed E-state index contributed by atoms with van der Waals surface area (Å²) in [7, 11) is -2.79. The lowest BCUT2D eigenvalue weighted by Gasteiger charge is -2.19. The van der Waals surface area contributed by atoms with Crippen LogP contribution in [0.3, 0.4) is 0 Å². The summed E-state index contributed by atoms with van der Waals surface area (Å²) in [5.41, 5.74) is -0.635. The number of rotatable bonds is 3. The Morgan fingerprint density at radius 2 is 1.97 bits per heavy atom. The minimum Gasteiger partial charge on any atom is -0.325 e. The molecular formula is C20H20F4N6O2S. The number of alkyl halides is 3. The molecule has 0 radical (unpaired) electrons. The van der Waals surface area contributed by atoms with Gasteiger partial charge in [-0.15, -0.1) is 5.10 Å². The van der Waals surface area contributed by atoms with Crippen LogP contribution in [0.25, 0.3) is 5.65 Å². The van der Waals surface area contributed by atoms with Crippen molar-refractivity contribution in [1.29, 1.82) is 0 Å². The molecule has 1 aliphatic rings. The molecule has 1 amide bonds. The zero-order valence-corrected chi connectivity index (χ0v) is 18.9. The van der Waals surface area contributed by atoms with E-state index >= 15 is 0 Å². The lowest BCUT2D eigenvalue weighted by molar-refractivity contribution is -0.141. The summed E-state index contributed by atoms with van der Waals surface area (Å²) >= 11 is 0. The Bertz CT molecular complexity index is 1400. The summed E-state index contributed by atoms with van der Waals surface area (Å²) in [4.78, 5) is 20.7. The van der Waals surface area contributed by atoms with Crippen molar-refractivity contribution in [3.05, 3.63) is 47.3 Å². The molecule has 0 saturated heterocycles. The molecule has 176 valence electrons. The highest BCUT2D eigenvalue weighted by molar-refractivity contribution is 7.92. The quantitative estimate of drug-likeness (QED) is 0.566. The van der Waals surface area contributed by atoms with Gasteiger partial charge in [0.15, 0.2) is 11.5 Å². The van der Waals surface area contributed by atoms with Gasteiger partial charge in [0.05, 0.1) is 11.6 Å². The molecule has 0 bridgehead atoms. The second-order valence-corrected chi connectivity index (χ2v) is 11.3. The van der Waals surface area contributed by atoms with Crippen molar-refractivity contribution in [3.8, 4) is 0 Å². The number of hydrogen-bond acceptors (Lipinski definition) is 6. The molecule has 0 saturated carbocycles. The second kappa shape index (κ2) is 7.47. The highest BCUT2D eigenvalue weighted by Gasteiger charge is 2.43. The first-order valence-corrected chi connectivity index (χ1v) is 12.1. The number of amides is 1. The summed E-state index contributed by atoms with van der Waals surface area (Å²) in [6.07, 6.45) is -0.507. The fourth-order valence-corrected chi connectivity index (χ4v) is 4.58. The van der Waals surface area contributed by atoms with Crippen LogP contribution in [0.4, 0.5) is 29.1 Å². The SMILES string of the molecule is CC1(C)C[C@@H](C(=O)Nc2cc(N=S(C)(C)=O)nc(C(F)(F)F)c2)c2cnc3cc(F)nn3c21. The van der Waals surface area contributed by atoms with Crippen LogP contribution in [0.5, 0.6) is 0 Å². The van der Waals surface area contributed by atoms with Crippen molar-refractivity contribution in [3.63, 3.8) is 0 Å². The van der Waals surface area contributed by atoms with E-state index < -0.39 is 50.6 Å². The van der Waals surface area contributed by atoms with E-state index in [1.54, 1.807) is 0 Å². The Hall–Kier alpha value is -3.09. The van der Waals surface area contributed by atoms with E-state index in [2.05, 4.69) is 24.7 Å². The van der Waals surface area contributed by atoms with Gasteiger partial charge in [0.1, 0.15) is 5.69 Å². The van der Waals surface area contributed by atoms with E-state index in [0.717, 1.165) is 6.07 Å². The zero-order valence-electron chi connectivity index (χ0n) is 18.1. The van der Waals surface area contributed by atoms with E-state index in [-0.39, 0.29) is 5.69 Å². The molecule has 0 spiro atoms. The van der Waals surface area contributed by atoms with E-state index in [1.807, 2.05) is 13.8 Å². The normalized spacial score (nSPS) is 17.8. The molecule has 1 atom stereocenters. The van der Waals surface area contributed by atoms with Crippen molar-refractivity contribution in [2.75, 3.05) is 17.8 Å². The Balaban J connectivity index is 1.73. The number of nitrogens with zero attached hydrogens (tertiary/aromatic N) is 5. The van der Waals surface area contributed by atoms with E-state index in [9.17, 15) is 26.6 Å². The van der Waals surface area contributed by atoms with Gasteiger partial charge in [-0.05, 0) is 12.5 Å². The van der Waals surface area contributed by atoms with Crippen LogP contribution in [0.15, 0.2) is 28.8 Å². The van der Waals surface area contributed by atoms with Crippen molar-refractivity contribution >= 4 is 32.8 Å². The maximum absolute atomic E-state index is 13.7. The summed E-state index contributed by atoms with van der Waals surface area (Å²) in [6.45, 7) is 3.73.